The summed E-state index contributed by atoms with van der Waals surface area (Å²) in [6.45, 7) is 1.81. The number of carbonyl (C=O) groups excluding carboxylic acids is 3. The Balaban J connectivity index is 1.45. The van der Waals surface area contributed by atoms with Crippen molar-refractivity contribution < 1.29 is 19.1 Å². The van der Waals surface area contributed by atoms with E-state index in [2.05, 4.69) is 5.32 Å². The summed E-state index contributed by atoms with van der Waals surface area (Å²) in [4.78, 5) is 38.0. The molecule has 3 aliphatic rings. The molecule has 1 unspecified atom stereocenters. The Morgan fingerprint density at radius 1 is 1.33 bits per heavy atom. The molecule has 124 valence electrons. The van der Waals surface area contributed by atoms with Gasteiger partial charge in [0, 0.05) is 11.3 Å². The number of amides is 2. The van der Waals surface area contributed by atoms with Crippen molar-refractivity contribution >= 4 is 29.5 Å². The van der Waals surface area contributed by atoms with E-state index in [1.807, 2.05) is 37.3 Å². The molecule has 1 fully saturated rings. The minimum Gasteiger partial charge on any atom is -0.453 e. The molecule has 3 heterocycles. The van der Waals surface area contributed by atoms with E-state index in [-0.39, 0.29) is 29.7 Å². The molecule has 1 saturated heterocycles. The van der Waals surface area contributed by atoms with Gasteiger partial charge in [0.1, 0.15) is 23.2 Å². The van der Waals surface area contributed by atoms with Crippen LogP contribution in [0.3, 0.4) is 0 Å². The Morgan fingerprint density at radius 2 is 2.08 bits per heavy atom. The number of ether oxygens (including phenoxy) is 1. The lowest BCUT2D eigenvalue weighted by Gasteiger charge is -2.48. The summed E-state index contributed by atoms with van der Waals surface area (Å²) in [6, 6.07) is 8.80. The van der Waals surface area contributed by atoms with Crippen LogP contribution in [0, 0.1) is 0 Å². The van der Waals surface area contributed by atoms with E-state index in [0.29, 0.717) is 11.4 Å². The molecular weight excluding hydrogens is 328 g/mol. The van der Waals surface area contributed by atoms with Crippen molar-refractivity contribution in [2.24, 2.45) is 0 Å². The van der Waals surface area contributed by atoms with Gasteiger partial charge in [-0.25, -0.2) is 4.79 Å². The van der Waals surface area contributed by atoms with Crippen molar-refractivity contribution in [3.05, 3.63) is 47.2 Å². The summed E-state index contributed by atoms with van der Waals surface area (Å²) in [5, 5.41) is 2.57. The summed E-state index contributed by atoms with van der Waals surface area (Å²) in [6.07, 6.45) is -0.0462. The first-order chi connectivity index (χ1) is 11.6. The van der Waals surface area contributed by atoms with Crippen molar-refractivity contribution in [3.8, 4) is 0 Å². The van der Waals surface area contributed by atoms with Crippen LogP contribution in [0.15, 0.2) is 41.6 Å². The quantitative estimate of drug-likeness (QED) is 0.649. The fourth-order valence-corrected chi connectivity index (χ4v) is 4.69. The third-order valence-electron chi connectivity index (χ3n) is 4.49. The van der Waals surface area contributed by atoms with E-state index in [1.54, 1.807) is 11.8 Å². The van der Waals surface area contributed by atoms with Crippen molar-refractivity contribution in [1.82, 2.24) is 10.2 Å². The van der Waals surface area contributed by atoms with E-state index < -0.39 is 12.0 Å². The fraction of sp³-hybridized carbons (Fsp3) is 0.353. The number of nitrogens with zero attached hydrogens (tertiary/aromatic N) is 1. The molecule has 7 heteroatoms. The normalized spacial score (nSPS) is 28.0. The van der Waals surface area contributed by atoms with E-state index >= 15 is 0 Å². The molecule has 24 heavy (non-hydrogen) atoms. The van der Waals surface area contributed by atoms with Gasteiger partial charge in [0.25, 0.3) is 5.91 Å². The molecule has 0 aromatic heterocycles. The number of fused-ring (bicyclic) bond motifs is 2. The maximum absolute atomic E-state index is 12.4. The van der Waals surface area contributed by atoms with Gasteiger partial charge in [0.05, 0.1) is 6.42 Å². The van der Waals surface area contributed by atoms with Crippen LogP contribution in [0.2, 0.25) is 0 Å². The zero-order valence-electron chi connectivity index (χ0n) is 13.0. The average molecular weight is 344 g/mol. The molecule has 0 bridgehead atoms. The number of β-lactam (4-membered cyclic amide) rings is 1. The molecule has 0 radical (unpaired) electrons. The molecule has 4 rings (SSSR count). The number of benzene rings is 1. The minimum absolute atomic E-state index is 0.193. The number of nitrogens with one attached hydrogen (secondary N) is 1. The lowest BCUT2D eigenvalue weighted by molar-refractivity contribution is -0.151. The number of esters is 1. The van der Waals surface area contributed by atoms with Crippen LogP contribution in [-0.4, -0.2) is 46.0 Å². The van der Waals surface area contributed by atoms with E-state index in [1.165, 1.54) is 4.90 Å². The second kappa shape index (κ2) is 5.66. The van der Waals surface area contributed by atoms with Crippen LogP contribution in [0.1, 0.15) is 12.5 Å². The van der Waals surface area contributed by atoms with Gasteiger partial charge in [-0.3, -0.25) is 14.5 Å². The Kier molecular flexibility index (Phi) is 3.60. The third kappa shape index (κ3) is 2.31. The summed E-state index contributed by atoms with van der Waals surface area (Å²) in [7, 11) is 0. The molecule has 2 amide bonds. The molecule has 3 atom stereocenters. The number of hydrogen-bond donors (Lipinski definition) is 1. The van der Waals surface area contributed by atoms with Crippen LogP contribution in [0.5, 0.6) is 0 Å². The van der Waals surface area contributed by atoms with Crippen molar-refractivity contribution in [2.45, 2.75) is 30.9 Å². The number of thioether (sulfide) groups is 1. The van der Waals surface area contributed by atoms with Gasteiger partial charge >= 0.3 is 5.97 Å². The number of hydrogen-bond acceptors (Lipinski definition) is 5. The first kappa shape index (κ1) is 15.3. The van der Waals surface area contributed by atoms with E-state index in [9.17, 15) is 14.4 Å². The molecule has 0 spiro atoms. The van der Waals surface area contributed by atoms with Gasteiger partial charge < -0.3 is 10.1 Å². The number of rotatable bonds is 3. The monoisotopic (exact) mass is 344 g/mol. The van der Waals surface area contributed by atoms with Gasteiger partial charge in [-0.05, 0) is 12.5 Å². The smallest absolute Gasteiger partial charge is 0.355 e. The van der Waals surface area contributed by atoms with Crippen LogP contribution in [-0.2, 0) is 25.5 Å². The lowest BCUT2D eigenvalue weighted by atomic mass is 10.0. The minimum atomic E-state index is -0.580. The van der Waals surface area contributed by atoms with Crippen molar-refractivity contribution in [3.63, 3.8) is 0 Å². The highest BCUT2D eigenvalue weighted by atomic mass is 32.2. The Labute approximate surface area is 143 Å². The number of cyclic esters (lactones) is 1. The topological polar surface area (TPSA) is 75.7 Å². The van der Waals surface area contributed by atoms with Crippen LogP contribution >= 0.6 is 11.8 Å². The maximum atomic E-state index is 12.4. The first-order valence-electron chi connectivity index (χ1n) is 7.78. The molecule has 1 aromatic carbocycles. The third-order valence-corrected chi connectivity index (χ3v) is 5.79. The molecular formula is C17H16N2O4S. The van der Waals surface area contributed by atoms with Gasteiger partial charge in [0.15, 0.2) is 0 Å². The molecule has 0 aliphatic carbocycles. The Bertz CT molecular complexity index is 761. The Morgan fingerprint density at radius 3 is 2.83 bits per heavy atom. The second-order valence-electron chi connectivity index (χ2n) is 6.04. The first-order valence-corrected chi connectivity index (χ1v) is 8.83. The van der Waals surface area contributed by atoms with Crippen LogP contribution in [0.25, 0.3) is 0 Å². The second-order valence-corrected chi connectivity index (χ2v) is 7.14. The molecule has 0 saturated carbocycles. The van der Waals surface area contributed by atoms with Crippen molar-refractivity contribution in [2.75, 3.05) is 5.75 Å². The summed E-state index contributed by atoms with van der Waals surface area (Å²) in [5.74, 6) is -0.235. The van der Waals surface area contributed by atoms with Gasteiger partial charge in [-0.2, -0.15) is 0 Å². The summed E-state index contributed by atoms with van der Waals surface area (Å²) < 4.78 is 5.20. The molecule has 6 nitrogen and oxygen atoms in total. The largest absolute Gasteiger partial charge is 0.453 e. The molecule has 3 aliphatic heterocycles. The molecule has 1 aromatic rings. The average Bonchev–Trinajstić information content (AvgIpc) is 2.86. The SMILES string of the molecule is CC1OC(=O)C2=C1CS[C@@H]1[C@H](NC(=O)Cc3ccccc3)C(=O)N21. The van der Waals surface area contributed by atoms with Gasteiger partial charge in [0.2, 0.25) is 5.91 Å². The standard InChI is InChI=1S/C17H16N2O4S/c1-9-11-8-24-16-13(15(21)19(16)14(11)17(22)23-9)18-12(20)7-10-5-3-2-4-6-10/h2-6,9,13,16H,7-8H2,1H3,(H,18,20)/t9?,13-,16-/m1/s1. The zero-order valence-corrected chi connectivity index (χ0v) is 13.8. The lowest BCUT2D eigenvalue weighted by Crippen LogP contribution is -2.70. The fourth-order valence-electron chi connectivity index (χ4n) is 3.24. The molecule has 1 N–H and O–H groups in total. The van der Waals surface area contributed by atoms with Crippen molar-refractivity contribution in [1.29, 1.82) is 0 Å². The predicted octanol–water partition coefficient (Wildman–Crippen LogP) is 0.828. The predicted molar refractivity (Wildman–Crippen MR) is 87.7 cm³/mol. The maximum Gasteiger partial charge on any atom is 0.355 e. The van der Waals surface area contributed by atoms with E-state index in [0.717, 1.165) is 11.1 Å². The van der Waals surface area contributed by atoms with Gasteiger partial charge in [-0.15, -0.1) is 11.8 Å². The van der Waals surface area contributed by atoms with Gasteiger partial charge in [-0.1, -0.05) is 30.3 Å². The highest BCUT2D eigenvalue weighted by Gasteiger charge is 2.56. The Hall–Kier alpha value is -2.28. The highest BCUT2D eigenvalue weighted by Crippen LogP contribution is 2.44. The summed E-state index contributed by atoms with van der Waals surface area (Å²) in [5.41, 5.74) is 2.14. The van der Waals surface area contributed by atoms with Crippen LogP contribution < -0.4 is 5.32 Å². The van der Waals surface area contributed by atoms with E-state index in [4.69, 9.17) is 4.74 Å². The zero-order chi connectivity index (χ0) is 16.8. The summed E-state index contributed by atoms with van der Waals surface area (Å²) >= 11 is 1.56. The van der Waals surface area contributed by atoms with Crippen LogP contribution in [0.4, 0.5) is 0 Å². The highest BCUT2D eigenvalue weighted by molar-refractivity contribution is 8.00. The number of carbonyl (C=O) groups is 3.